The van der Waals surface area contributed by atoms with Crippen molar-refractivity contribution in [2.24, 2.45) is 0 Å². The zero-order chi connectivity index (χ0) is 17.0. The molecule has 1 aromatic carbocycles. The van der Waals surface area contributed by atoms with E-state index in [2.05, 4.69) is 0 Å². The molecule has 0 bridgehead atoms. The Balaban J connectivity index is 2.04. The Morgan fingerprint density at radius 1 is 1.09 bits per heavy atom. The van der Waals surface area contributed by atoms with E-state index in [-0.39, 0.29) is 5.91 Å². The molecular weight excluding hydrogens is 300 g/mol. The first-order valence-corrected chi connectivity index (χ1v) is 7.46. The summed E-state index contributed by atoms with van der Waals surface area (Å²) in [5.41, 5.74) is 0.530. The number of nitrogens with zero attached hydrogens (tertiary/aromatic N) is 2. The second kappa shape index (κ2) is 7.32. The minimum Gasteiger partial charge on any atom is -0.493 e. The van der Waals surface area contributed by atoms with E-state index in [0.717, 1.165) is 0 Å². The number of amides is 1. The van der Waals surface area contributed by atoms with Crippen LogP contribution in [-0.4, -0.2) is 73.2 Å². The van der Waals surface area contributed by atoms with E-state index in [4.69, 9.17) is 14.6 Å². The number of carboxylic acid groups (broad SMARTS) is 1. The molecule has 1 aromatic rings. The van der Waals surface area contributed by atoms with Gasteiger partial charge in [0.25, 0.3) is 5.91 Å². The number of piperazine rings is 1. The molecule has 1 atom stereocenters. The molecular formula is C16H22N2O5. The number of rotatable bonds is 5. The third-order valence-corrected chi connectivity index (χ3v) is 4.14. The van der Waals surface area contributed by atoms with Crippen molar-refractivity contribution >= 4 is 11.9 Å². The SMILES string of the molecule is COc1ccc(C(=O)N2CCN(C(C)C(=O)O)CC2)cc1OC. The minimum absolute atomic E-state index is 0.0893. The molecule has 1 fully saturated rings. The number of aliphatic carboxylic acids is 1. The van der Waals surface area contributed by atoms with Gasteiger partial charge in [-0.25, -0.2) is 0 Å². The van der Waals surface area contributed by atoms with Gasteiger partial charge in [-0.05, 0) is 25.1 Å². The lowest BCUT2D eigenvalue weighted by atomic mass is 10.1. The summed E-state index contributed by atoms with van der Waals surface area (Å²) in [6, 6.07) is 4.53. The average molecular weight is 322 g/mol. The van der Waals surface area contributed by atoms with Gasteiger partial charge in [-0.3, -0.25) is 14.5 Å². The van der Waals surface area contributed by atoms with Gasteiger partial charge >= 0.3 is 5.97 Å². The van der Waals surface area contributed by atoms with E-state index in [0.29, 0.717) is 43.2 Å². The monoisotopic (exact) mass is 322 g/mol. The van der Waals surface area contributed by atoms with Gasteiger partial charge in [0.05, 0.1) is 14.2 Å². The van der Waals surface area contributed by atoms with Gasteiger partial charge in [0.2, 0.25) is 0 Å². The summed E-state index contributed by atoms with van der Waals surface area (Å²) < 4.78 is 10.4. The van der Waals surface area contributed by atoms with E-state index in [1.165, 1.54) is 7.11 Å². The van der Waals surface area contributed by atoms with E-state index in [9.17, 15) is 9.59 Å². The first kappa shape index (κ1) is 17.1. The Kier molecular flexibility index (Phi) is 5.44. The van der Waals surface area contributed by atoms with Crippen LogP contribution in [0.4, 0.5) is 0 Å². The molecule has 126 valence electrons. The maximum atomic E-state index is 12.6. The summed E-state index contributed by atoms with van der Waals surface area (Å²) in [6.45, 7) is 3.77. The van der Waals surface area contributed by atoms with Crippen LogP contribution in [0.5, 0.6) is 11.5 Å². The molecule has 7 heteroatoms. The van der Waals surface area contributed by atoms with Crippen molar-refractivity contribution in [2.75, 3.05) is 40.4 Å². The summed E-state index contributed by atoms with van der Waals surface area (Å²) in [5, 5.41) is 9.05. The second-order valence-electron chi connectivity index (χ2n) is 5.41. The fourth-order valence-corrected chi connectivity index (χ4v) is 2.62. The number of hydrogen-bond acceptors (Lipinski definition) is 5. The van der Waals surface area contributed by atoms with Crippen LogP contribution < -0.4 is 9.47 Å². The minimum atomic E-state index is -0.843. The largest absolute Gasteiger partial charge is 0.493 e. The van der Waals surface area contributed by atoms with E-state index >= 15 is 0 Å². The number of methoxy groups -OCH3 is 2. The van der Waals surface area contributed by atoms with Gasteiger partial charge in [0, 0.05) is 31.7 Å². The molecule has 1 saturated heterocycles. The van der Waals surface area contributed by atoms with E-state index < -0.39 is 12.0 Å². The highest BCUT2D eigenvalue weighted by Gasteiger charge is 2.27. The van der Waals surface area contributed by atoms with Gasteiger partial charge in [0.15, 0.2) is 11.5 Å². The standard InChI is InChI=1S/C16H22N2O5/c1-11(16(20)21)17-6-8-18(9-7-17)15(19)12-4-5-13(22-2)14(10-12)23-3/h4-5,10-11H,6-9H2,1-3H3,(H,20,21). The third-order valence-electron chi connectivity index (χ3n) is 4.14. The molecule has 1 aliphatic heterocycles. The Morgan fingerprint density at radius 3 is 2.22 bits per heavy atom. The van der Waals surface area contributed by atoms with Crippen molar-refractivity contribution in [1.29, 1.82) is 0 Å². The predicted octanol–water partition coefficient (Wildman–Crippen LogP) is 0.935. The van der Waals surface area contributed by atoms with Crippen molar-refractivity contribution in [1.82, 2.24) is 9.80 Å². The highest BCUT2D eigenvalue weighted by Crippen LogP contribution is 2.28. The van der Waals surface area contributed by atoms with Crippen LogP contribution in [0.25, 0.3) is 0 Å². The van der Waals surface area contributed by atoms with Crippen LogP contribution in [0.2, 0.25) is 0 Å². The molecule has 1 unspecified atom stereocenters. The van der Waals surface area contributed by atoms with Crippen LogP contribution in [0, 0.1) is 0 Å². The first-order chi connectivity index (χ1) is 11.0. The molecule has 0 aliphatic carbocycles. The van der Waals surface area contributed by atoms with Gasteiger partial charge in [-0.15, -0.1) is 0 Å². The van der Waals surface area contributed by atoms with Gasteiger partial charge in [-0.2, -0.15) is 0 Å². The molecule has 0 saturated carbocycles. The Labute approximate surface area is 135 Å². The molecule has 23 heavy (non-hydrogen) atoms. The van der Waals surface area contributed by atoms with Gasteiger partial charge in [0.1, 0.15) is 6.04 Å². The summed E-state index contributed by atoms with van der Waals surface area (Å²) in [4.78, 5) is 27.2. The fourth-order valence-electron chi connectivity index (χ4n) is 2.62. The van der Waals surface area contributed by atoms with Crippen molar-refractivity contribution in [3.8, 4) is 11.5 Å². The molecule has 1 N–H and O–H groups in total. The number of carbonyl (C=O) groups excluding carboxylic acids is 1. The first-order valence-electron chi connectivity index (χ1n) is 7.46. The topological polar surface area (TPSA) is 79.3 Å². The van der Waals surface area contributed by atoms with Crippen molar-refractivity contribution in [2.45, 2.75) is 13.0 Å². The molecule has 0 radical (unpaired) electrons. The maximum Gasteiger partial charge on any atom is 0.320 e. The van der Waals surface area contributed by atoms with Gasteiger partial charge in [-0.1, -0.05) is 0 Å². The summed E-state index contributed by atoms with van der Waals surface area (Å²) in [7, 11) is 3.07. The highest BCUT2D eigenvalue weighted by molar-refractivity contribution is 5.95. The van der Waals surface area contributed by atoms with Crippen LogP contribution in [0.3, 0.4) is 0 Å². The maximum absolute atomic E-state index is 12.6. The number of benzene rings is 1. The molecule has 1 amide bonds. The second-order valence-corrected chi connectivity index (χ2v) is 5.41. The molecule has 1 heterocycles. The van der Waals surface area contributed by atoms with Crippen LogP contribution in [0.15, 0.2) is 18.2 Å². The van der Waals surface area contributed by atoms with Gasteiger partial charge < -0.3 is 19.5 Å². The lowest BCUT2D eigenvalue weighted by Gasteiger charge is -2.36. The zero-order valence-corrected chi connectivity index (χ0v) is 13.6. The number of carbonyl (C=O) groups is 2. The van der Waals surface area contributed by atoms with Crippen LogP contribution in [0.1, 0.15) is 17.3 Å². The third kappa shape index (κ3) is 3.73. The lowest BCUT2D eigenvalue weighted by Crippen LogP contribution is -2.53. The molecule has 1 aliphatic rings. The van der Waals surface area contributed by atoms with E-state index in [1.807, 2.05) is 4.90 Å². The molecule has 0 aromatic heterocycles. The fraction of sp³-hybridized carbons (Fsp3) is 0.500. The lowest BCUT2D eigenvalue weighted by molar-refractivity contribution is -0.143. The predicted molar refractivity (Wildman–Crippen MR) is 84.1 cm³/mol. The average Bonchev–Trinajstić information content (AvgIpc) is 2.59. The quantitative estimate of drug-likeness (QED) is 0.869. The van der Waals surface area contributed by atoms with Crippen LogP contribution >= 0.6 is 0 Å². The molecule has 7 nitrogen and oxygen atoms in total. The Morgan fingerprint density at radius 2 is 1.70 bits per heavy atom. The summed E-state index contributed by atoms with van der Waals surface area (Å²) in [5.74, 6) is 0.152. The summed E-state index contributed by atoms with van der Waals surface area (Å²) >= 11 is 0. The summed E-state index contributed by atoms with van der Waals surface area (Å²) in [6.07, 6.45) is 0. The number of carboxylic acids is 1. The number of ether oxygens (including phenoxy) is 2. The van der Waals surface area contributed by atoms with E-state index in [1.54, 1.807) is 37.1 Å². The molecule has 2 rings (SSSR count). The van der Waals surface area contributed by atoms with Crippen LogP contribution in [-0.2, 0) is 4.79 Å². The van der Waals surface area contributed by atoms with Crippen molar-refractivity contribution < 1.29 is 24.2 Å². The highest BCUT2D eigenvalue weighted by atomic mass is 16.5. The van der Waals surface area contributed by atoms with Crippen molar-refractivity contribution in [3.05, 3.63) is 23.8 Å². The van der Waals surface area contributed by atoms with Crippen molar-refractivity contribution in [3.63, 3.8) is 0 Å². The Bertz CT molecular complexity index is 582. The zero-order valence-electron chi connectivity index (χ0n) is 13.6. The molecule has 0 spiro atoms. The number of hydrogen-bond donors (Lipinski definition) is 1. The smallest absolute Gasteiger partial charge is 0.320 e. The Hall–Kier alpha value is -2.28. The normalized spacial score (nSPS) is 16.7.